The Morgan fingerprint density at radius 2 is 1.66 bits per heavy atom. The topological polar surface area (TPSA) is 82.7 Å². The summed E-state index contributed by atoms with van der Waals surface area (Å²) in [6.45, 7) is 6.17. The van der Waals surface area contributed by atoms with Gasteiger partial charge in [0.2, 0.25) is 0 Å². The van der Waals surface area contributed by atoms with Crippen molar-refractivity contribution < 1.29 is 14.3 Å². The molecule has 0 unspecified atom stereocenters. The van der Waals surface area contributed by atoms with E-state index in [1.807, 2.05) is 62.4 Å². The highest BCUT2D eigenvalue weighted by atomic mass is 16.5. The first-order chi connectivity index (χ1) is 16.9. The third kappa shape index (κ3) is 5.93. The fourth-order valence-corrected chi connectivity index (χ4v) is 4.37. The summed E-state index contributed by atoms with van der Waals surface area (Å²) in [7, 11) is 1.61. The average molecular weight is 473 g/mol. The van der Waals surface area contributed by atoms with Crippen molar-refractivity contribution in [3.05, 3.63) is 82.9 Å². The van der Waals surface area contributed by atoms with Crippen LogP contribution in [0.15, 0.2) is 60.7 Å². The summed E-state index contributed by atoms with van der Waals surface area (Å²) < 4.78 is 5.37. The quantitative estimate of drug-likeness (QED) is 0.425. The molecule has 3 amide bonds. The Kier molecular flexibility index (Phi) is 7.55. The first-order valence-electron chi connectivity index (χ1n) is 11.9. The lowest BCUT2D eigenvalue weighted by Gasteiger charge is -2.22. The fourth-order valence-electron chi connectivity index (χ4n) is 4.37. The van der Waals surface area contributed by atoms with E-state index in [-0.39, 0.29) is 11.9 Å². The number of ether oxygens (including phenoxy) is 1. The lowest BCUT2D eigenvalue weighted by atomic mass is 10.1. The number of anilines is 3. The third-order valence-electron chi connectivity index (χ3n) is 6.22. The molecular formula is C28H32N4O3. The van der Waals surface area contributed by atoms with Crippen molar-refractivity contribution in [1.29, 1.82) is 0 Å². The predicted molar refractivity (Wildman–Crippen MR) is 141 cm³/mol. The Bertz CT molecular complexity index is 1220. The smallest absolute Gasteiger partial charge is 0.323 e. The zero-order valence-corrected chi connectivity index (χ0v) is 20.5. The number of nitrogens with one attached hydrogen (secondary N) is 3. The van der Waals surface area contributed by atoms with Crippen molar-refractivity contribution in [2.24, 2.45) is 0 Å². The molecule has 0 aliphatic carbocycles. The van der Waals surface area contributed by atoms with E-state index >= 15 is 0 Å². The number of amides is 3. The van der Waals surface area contributed by atoms with Crippen molar-refractivity contribution in [1.82, 2.24) is 5.32 Å². The van der Waals surface area contributed by atoms with E-state index in [1.54, 1.807) is 19.2 Å². The number of hydrogen-bond donors (Lipinski definition) is 3. The highest BCUT2D eigenvalue weighted by Crippen LogP contribution is 2.30. The fraction of sp³-hybridized carbons (Fsp3) is 0.286. The van der Waals surface area contributed by atoms with Gasteiger partial charge in [0.05, 0.1) is 18.5 Å². The Hall–Kier alpha value is -4.00. The van der Waals surface area contributed by atoms with E-state index in [1.165, 1.54) is 0 Å². The molecule has 0 aromatic heterocycles. The molecule has 3 N–H and O–H groups in total. The largest absolute Gasteiger partial charge is 0.496 e. The number of hydrogen-bond acceptors (Lipinski definition) is 4. The summed E-state index contributed by atoms with van der Waals surface area (Å²) in [6, 6.07) is 18.6. The molecular weight excluding hydrogens is 440 g/mol. The molecule has 1 saturated heterocycles. The van der Waals surface area contributed by atoms with Gasteiger partial charge in [-0.25, -0.2) is 4.79 Å². The minimum atomic E-state index is -0.344. The number of benzene rings is 3. The van der Waals surface area contributed by atoms with Crippen molar-refractivity contribution in [2.75, 3.05) is 35.7 Å². The molecule has 7 nitrogen and oxygen atoms in total. The van der Waals surface area contributed by atoms with Crippen LogP contribution in [0.25, 0.3) is 0 Å². The summed E-state index contributed by atoms with van der Waals surface area (Å²) in [4.78, 5) is 28.1. The van der Waals surface area contributed by atoms with E-state index < -0.39 is 0 Å². The lowest BCUT2D eigenvalue weighted by molar-refractivity contribution is 0.0950. The average Bonchev–Trinajstić information content (AvgIpc) is 3.39. The Labute approximate surface area is 206 Å². The van der Waals surface area contributed by atoms with Crippen molar-refractivity contribution in [2.45, 2.75) is 33.2 Å². The maximum absolute atomic E-state index is 13.0. The van der Waals surface area contributed by atoms with Gasteiger partial charge in [0, 0.05) is 36.4 Å². The van der Waals surface area contributed by atoms with E-state index in [0.29, 0.717) is 17.8 Å². The molecule has 0 bridgehead atoms. The highest BCUT2D eigenvalue weighted by Gasteiger charge is 2.19. The molecule has 1 fully saturated rings. The number of carbonyl (C=O) groups excluding carboxylic acids is 2. The normalized spacial score (nSPS) is 12.8. The second kappa shape index (κ2) is 11.0. The van der Waals surface area contributed by atoms with Crippen LogP contribution in [0.3, 0.4) is 0 Å². The summed E-state index contributed by atoms with van der Waals surface area (Å²) in [5.41, 5.74) is 5.77. The van der Waals surface area contributed by atoms with E-state index in [2.05, 4.69) is 20.9 Å². The first-order valence-corrected chi connectivity index (χ1v) is 11.9. The van der Waals surface area contributed by atoms with Crippen LogP contribution < -0.4 is 25.6 Å². The van der Waals surface area contributed by atoms with Gasteiger partial charge in [0.1, 0.15) is 5.75 Å². The van der Waals surface area contributed by atoms with Gasteiger partial charge in [0.15, 0.2) is 0 Å². The van der Waals surface area contributed by atoms with Gasteiger partial charge in [-0.15, -0.1) is 0 Å². The van der Waals surface area contributed by atoms with E-state index in [0.717, 1.165) is 59.7 Å². The Balaban J connectivity index is 1.52. The number of para-hydroxylation sites is 1. The monoisotopic (exact) mass is 472 g/mol. The van der Waals surface area contributed by atoms with Gasteiger partial charge in [-0.1, -0.05) is 35.9 Å². The number of aryl methyl sites for hydroxylation is 2. The molecule has 35 heavy (non-hydrogen) atoms. The molecule has 1 heterocycles. The number of nitrogens with zero attached hydrogens (tertiary/aromatic N) is 1. The van der Waals surface area contributed by atoms with Crippen LogP contribution in [0.2, 0.25) is 0 Å². The van der Waals surface area contributed by atoms with Gasteiger partial charge in [-0.3, -0.25) is 4.79 Å². The van der Waals surface area contributed by atoms with Gasteiger partial charge >= 0.3 is 6.03 Å². The summed E-state index contributed by atoms with van der Waals surface area (Å²) in [5.74, 6) is 0.504. The van der Waals surface area contributed by atoms with Crippen LogP contribution in [0.1, 0.15) is 39.9 Å². The molecule has 0 spiro atoms. The van der Waals surface area contributed by atoms with Crippen LogP contribution in [0.4, 0.5) is 21.9 Å². The maximum Gasteiger partial charge on any atom is 0.323 e. The van der Waals surface area contributed by atoms with E-state index in [4.69, 9.17) is 4.74 Å². The van der Waals surface area contributed by atoms with Crippen LogP contribution in [-0.4, -0.2) is 32.1 Å². The lowest BCUT2D eigenvalue weighted by Crippen LogP contribution is -2.26. The summed E-state index contributed by atoms with van der Waals surface area (Å²) in [6.07, 6.45) is 2.21. The molecule has 1 aliphatic heterocycles. The number of carbonyl (C=O) groups is 2. The number of urea groups is 1. The van der Waals surface area contributed by atoms with Crippen LogP contribution >= 0.6 is 0 Å². The van der Waals surface area contributed by atoms with Crippen molar-refractivity contribution in [3.8, 4) is 5.75 Å². The van der Waals surface area contributed by atoms with Crippen molar-refractivity contribution >= 4 is 29.0 Å². The molecule has 3 aromatic carbocycles. The number of rotatable bonds is 7. The van der Waals surface area contributed by atoms with Crippen LogP contribution in [0.5, 0.6) is 5.75 Å². The third-order valence-corrected chi connectivity index (χ3v) is 6.22. The van der Waals surface area contributed by atoms with Gasteiger partial charge in [0.25, 0.3) is 5.91 Å². The minimum Gasteiger partial charge on any atom is -0.496 e. The summed E-state index contributed by atoms with van der Waals surface area (Å²) in [5, 5.41) is 8.85. The molecule has 0 atom stereocenters. The highest BCUT2D eigenvalue weighted by molar-refractivity contribution is 6.04. The van der Waals surface area contributed by atoms with Gasteiger partial charge < -0.3 is 25.6 Å². The van der Waals surface area contributed by atoms with Crippen molar-refractivity contribution in [3.63, 3.8) is 0 Å². The van der Waals surface area contributed by atoms with E-state index in [9.17, 15) is 9.59 Å². The van der Waals surface area contributed by atoms with Crippen LogP contribution in [0, 0.1) is 13.8 Å². The second-order valence-corrected chi connectivity index (χ2v) is 8.82. The zero-order chi connectivity index (χ0) is 24.8. The second-order valence-electron chi connectivity index (χ2n) is 8.82. The molecule has 182 valence electrons. The summed E-state index contributed by atoms with van der Waals surface area (Å²) >= 11 is 0. The molecule has 0 radical (unpaired) electrons. The number of methoxy groups -OCH3 is 1. The standard InChI is InChI=1S/C28H32N4O3/c1-19-10-12-23(20(2)16-19)30-28(34)31-24-17-21(11-13-25(24)32-14-6-7-15-32)27(33)29-18-22-8-4-5-9-26(22)35-3/h4-5,8-13,16-17H,6-7,14-15,18H2,1-3H3,(H,29,33)(H2,30,31,34). The Morgan fingerprint density at radius 3 is 2.40 bits per heavy atom. The van der Waals surface area contributed by atoms with Gasteiger partial charge in [-0.2, -0.15) is 0 Å². The van der Waals surface area contributed by atoms with Crippen LogP contribution in [-0.2, 0) is 6.54 Å². The minimum absolute atomic E-state index is 0.221. The first kappa shape index (κ1) is 24.1. The molecule has 0 saturated carbocycles. The molecule has 1 aliphatic rings. The van der Waals surface area contributed by atoms with Gasteiger partial charge in [-0.05, 0) is 62.6 Å². The SMILES string of the molecule is COc1ccccc1CNC(=O)c1ccc(N2CCCC2)c(NC(=O)Nc2ccc(C)cc2C)c1. The maximum atomic E-state index is 13.0. The predicted octanol–water partition coefficient (Wildman–Crippen LogP) is 5.49. The zero-order valence-electron chi connectivity index (χ0n) is 20.5. The molecule has 3 aromatic rings. The Morgan fingerprint density at radius 1 is 0.914 bits per heavy atom. The molecule has 7 heteroatoms. The molecule has 4 rings (SSSR count).